The van der Waals surface area contributed by atoms with E-state index in [4.69, 9.17) is 0 Å². The molecule has 3 nitrogen and oxygen atoms in total. The maximum absolute atomic E-state index is 12.5. The maximum Gasteiger partial charge on any atom is 0.156 e. The Morgan fingerprint density at radius 2 is 2.04 bits per heavy atom. The van der Waals surface area contributed by atoms with Gasteiger partial charge in [-0.2, -0.15) is 0 Å². The average molecular weight is 393 g/mol. The lowest BCUT2D eigenvalue weighted by Crippen LogP contribution is -2.55. The molecule has 24 heavy (non-hydrogen) atoms. The van der Waals surface area contributed by atoms with Crippen molar-refractivity contribution >= 4 is 27.5 Å². The molecule has 1 N–H and O–H groups in total. The van der Waals surface area contributed by atoms with Gasteiger partial charge < -0.3 is 5.11 Å². The summed E-state index contributed by atoms with van der Waals surface area (Å²) < 4.78 is 0. The smallest absolute Gasteiger partial charge is 0.156 e. The Hall–Kier alpha value is -0.740. The van der Waals surface area contributed by atoms with Crippen molar-refractivity contribution in [3.63, 3.8) is 0 Å². The monoisotopic (exact) mass is 392 g/mol. The van der Waals surface area contributed by atoms with Gasteiger partial charge in [0, 0.05) is 29.0 Å². The number of halogens is 1. The molecule has 0 radical (unpaired) electrons. The highest BCUT2D eigenvalue weighted by molar-refractivity contribution is 9.09. The maximum atomic E-state index is 12.5. The number of carbonyl (C=O) groups excluding carboxylic acids is 2. The van der Waals surface area contributed by atoms with Gasteiger partial charge in [-0.1, -0.05) is 35.0 Å². The summed E-state index contributed by atoms with van der Waals surface area (Å²) in [6, 6.07) is 0. The third-order valence-corrected chi connectivity index (χ3v) is 8.19. The van der Waals surface area contributed by atoms with Gasteiger partial charge in [-0.25, -0.2) is 0 Å². The van der Waals surface area contributed by atoms with E-state index >= 15 is 0 Å². The second kappa shape index (κ2) is 5.63. The van der Waals surface area contributed by atoms with Crippen molar-refractivity contribution in [2.75, 3.05) is 5.33 Å². The third-order valence-electron chi connectivity index (χ3n) is 7.58. The quantitative estimate of drug-likeness (QED) is 0.730. The lowest BCUT2D eigenvalue weighted by molar-refractivity contribution is -0.132. The van der Waals surface area contributed by atoms with Gasteiger partial charge in [0.2, 0.25) is 0 Å². The fraction of sp³-hybridized carbons (Fsp3) is 0.700. The molecular formula is C20H25BrO3. The van der Waals surface area contributed by atoms with Crippen molar-refractivity contribution in [1.82, 2.24) is 0 Å². The molecular weight excluding hydrogens is 368 g/mol. The SMILES string of the molecule is C[C@]12CC[C@H]3[C@@H](C=CC4=CC(=O)CC[C@@]43C(O)CBr)[C@@H]1CCC2=O. The lowest BCUT2D eigenvalue weighted by atomic mass is 9.47. The molecule has 130 valence electrons. The number of fused-ring (bicyclic) bond motifs is 5. The first-order valence-electron chi connectivity index (χ1n) is 9.14. The Morgan fingerprint density at radius 3 is 2.79 bits per heavy atom. The average Bonchev–Trinajstić information content (AvgIpc) is 2.89. The Morgan fingerprint density at radius 1 is 1.25 bits per heavy atom. The highest BCUT2D eigenvalue weighted by atomic mass is 79.9. The molecule has 0 bridgehead atoms. The van der Waals surface area contributed by atoms with Gasteiger partial charge in [-0.15, -0.1) is 0 Å². The summed E-state index contributed by atoms with van der Waals surface area (Å²) in [7, 11) is 0. The summed E-state index contributed by atoms with van der Waals surface area (Å²) in [5.74, 6) is 1.66. The van der Waals surface area contributed by atoms with Gasteiger partial charge in [0.25, 0.3) is 0 Å². The van der Waals surface area contributed by atoms with Gasteiger partial charge in [-0.05, 0) is 55.1 Å². The zero-order valence-electron chi connectivity index (χ0n) is 14.1. The number of alkyl halides is 1. The number of carbonyl (C=O) groups is 2. The molecule has 4 aliphatic rings. The minimum Gasteiger partial charge on any atom is -0.391 e. The summed E-state index contributed by atoms with van der Waals surface area (Å²) in [5.41, 5.74) is 0.501. The van der Waals surface area contributed by atoms with Crippen molar-refractivity contribution in [3.8, 4) is 0 Å². The number of hydrogen-bond acceptors (Lipinski definition) is 3. The van der Waals surface area contributed by atoms with Gasteiger partial charge in [0.15, 0.2) is 5.78 Å². The Labute approximate surface area is 151 Å². The molecule has 0 spiro atoms. The molecule has 0 saturated heterocycles. The predicted octanol–water partition coefficient (Wildman–Crippen LogP) is 3.60. The van der Waals surface area contributed by atoms with Crippen LogP contribution in [0.25, 0.3) is 0 Å². The van der Waals surface area contributed by atoms with Crippen molar-refractivity contribution in [2.24, 2.45) is 28.6 Å². The predicted molar refractivity (Wildman–Crippen MR) is 95.7 cm³/mol. The number of allylic oxidation sites excluding steroid dienone is 3. The van der Waals surface area contributed by atoms with Gasteiger partial charge in [0.1, 0.15) is 5.78 Å². The summed E-state index contributed by atoms with van der Waals surface area (Å²) in [6.07, 6.45) is 10.4. The van der Waals surface area contributed by atoms with E-state index in [-0.39, 0.29) is 16.6 Å². The molecule has 0 amide bonds. The fourth-order valence-electron chi connectivity index (χ4n) is 6.25. The van der Waals surface area contributed by atoms with Crippen LogP contribution in [0.3, 0.4) is 0 Å². The zero-order valence-corrected chi connectivity index (χ0v) is 15.7. The zero-order chi connectivity index (χ0) is 17.1. The first-order valence-corrected chi connectivity index (χ1v) is 10.3. The summed E-state index contributed by atoms with van der Waals surface area (Å²) >= 11 is 3.47. The third kappa shape index (κ3) is 2.05. The molecule has 0 heterocycles. The van der Waals surface area contributed by atoms with E-state index < -0.39 is 6.10 Å². The Kier molecular flexibility index (Phi) is 3.92. The van der Waals surface area contributed by atoms with Crippen LogP contribution in [0.1, 0.15) is 45.4 Å². The standard InChI is InChI=1S/C20H25BrO3/c1-19-8-7-16-14(15(19)4-5-17(19)23)3-2-12-10-13(22)6-9-20(12,16)18(24)11-21/h2-3,10,14-16,18,24H,4-9,11H2,1H3/t14-,15-,16-,18?,19-,20+/m0/s1. The molecule has 4 rings (SSSR count). The highest BCUT2D eigenvalue weighted by Crippen LogP contribution is 2.63. The molecule has 0 aromatic carbocycles. The number of Topliss-reactive ketones (excluding diaryl/α,β-unsaturated/α-hetero) is 1. The molecule has 2 saturated carbocycles. The van der Waals surface area contributed by atoms with Gasteiger partial charge in [-0.3, -0.25) is 9.59 Å². The van der Waals surface area contributed by atoms with E-state index in [1.54, 1.807) is 6.08 Å². The van der Waals surface area contributed by atoms with Crippen molar-refractivity contribution in [3.05, 3.63) is 23.8 Å². The van der Waals surface area contributed by atoms with Crippen LogP contribution < -0.4 is 0 Å². The van der Waals surface area contributed by atoms with E-state index in [1.807, 2.05) is 0 Å². The molecule has 0 aliphatic heterocycles. The summed E-state index contributed by atoms with van der Waals surface area (Å²) in [6.45, 7) is 2.15. The van der Waals surface area contributed by atoms with E-state index in [9.17, 15) is 14.7 Å². The number of ketones is 2. The molecule has 1 unspecified atom stereocenters. The first-order chi connectivity index (χ1) is 11.4. The second-order valence-corrected chi connectivity index (χ2v) is 8.99. The largest absolute Gasteiger partial charge is 0.391 e. The normalized spacial score (nSPS) is 45.3. The van der Waals surface area contributed by atoms with E-state index in [1.165, 1.54) is 0 Å². The molecule has 0 aromatic rings. The van der Waals surface area contributed by atoms with E-state index in [2.05, 4.69) is 35.0 Å². The van der Waals surface area contributed by atoms with E-state index in [0.29, 0.717) is 41.7 Å². The van der Waals surface area contributed by atoms with Crippen molar-refractivity contribution < 1.29 is 14.7 Å². The molecule has 2 fully saturated rings. The fourth-order valence-corrected chi connectivity index (χ4v) is 6.83. The Bertz CT molecular complexity index is 651. The van der Waals surface area contributed by atoms with Crippen LogP contribution in [0.2, 0.25) is 0 Å². The topological polar surface area (TPSA) is 54.4 Å². The summed E-state index contributed by atoms with van der Waals surface area (Å²) in [4.78, 5) is 24.4. The number of hydrogen-bond donors (Lipinski definition) is 1. The minimum absolute atomic E-state index is 0.169. The molecule has 4 aliphatic carbocycles. The minimum atomic E-state index is -0.490. The highest BCUT2D eigenvalue weighted by Gasteiger charge is 2.60. The van der Waals surface area contributed by atoms with E-state index in [0.717, 1.165) is 31.3 Å². The second-order valence-electron chi connectivity index (χ2n) is 8.34. The van der Waals surface area contributed by atoms with Crippen LogP contribution in [0.15, 0.2) is 23.8 Å². The van der Waals surface area contributed by atoms with Crippen LogP contribution >= 0.6 is 15.9 Å². The van der Waals surface area contributed by atoms with Crippen molar-refractivity contribution in [2.45, 2.75) is 51.6 Å². The lowest BCUT2D eigenvalue weighted by Gasteiger charge is -2.57. The summed E-state index contributed by atoms with van der Waals surface area (Å²) in [5, 5.41) is 11.5. The molecule has 4 heteroatoms. The van der Waals surface area contributed by atoms with Crippen LogP contribution in [0, 0.1) is 28.6 Å². The molecule has 0 aromatic heterocycles. The number of rotatable bonds is 2. The Balaban J connectivity index is 1.81. The number of aliphatic hydroxyl groups excluding tert-OH is 1. The van der Waals surface area contributed by atoms with Crippen LogP contribution in [0.5, 0.6) is 0 Å². The van der Waals surface area contributed by atoms with Crippen LogP contribution in [-0.4, -0.2) is 28.1 Å². The van der Waals surface area contributed by atoms with Gasteiger partial charge in [0.05, 0.1) is 6.10 Å². The number of aliphatic hydroxyl groups is 1. The van der Waals surface area contributed by atoms with Crippen LogP contribution in [-0.2, 0) is 9.59 Å². The van der Waals surface area contributed by atoms with Crippen molar-refractivity contribution in [1.29, 1.82) is 0 Å². The van der Waals surface area contributed by atoms with Gasteiger partial charge >= 0.3 is 0 Å². The molecule has 6 atom stereocenters. The van der Waals surface area contributed by atoms with Crippen LogP contribution in [0.4, 0.5) is 0 Å². The first kappa shape index (κ1) is 16.7.